The van der Waals surface area contributed by atoms with E-state index in [9.17, 15) is 5.26 Å². The fraction of sp³-hybridized carbons (Fsp3) is 0.200. The molecule has 0 aliphatic heterocycles. The Hall–Kier alpha value is -2.74. The number of methoxy groups -OCH3 is 1. The molecule has 0 radical (unpaired) electrons. The standard InChI is InChI=1S/C15H16N4O/c1-19(2)14-8-9-17-15(13(14)10-16)18-11-4-6-12(20-3)7-5-11/h4-9H,1-3H3,(H,17,18)/p+1. The van der Waals surface area contributed by atoms with Crippen molar-refractivity contribution >= 4 is 17.2 Å². The Kier molecular flexibility index (Phi) is 4.06. The summed E-state index contributed by atoms with van der Waals surface area (Å²) < 4.78 is 5.12. The van der Waals surface area contributed by atoms with Crippen LogP contribution in [0.4, 0.5) is 17.2 Å². The molecule has 1 heterocycles. The van der Waals surface area contributed by atoms with Gasteiger partial charge in [0.1, 0.15) is 17.5 Å². The summed E-state index contributed by atoms with van der Waals surface area (Å²) in [6, 6.07) is 11.6. The average Bonchev–Trinajstić information content (AvgIpc) is 2.47. The van der Waals surface area contributed by atoms with Crippen molar-refractivity contribution in [1.29, 1.82) is 5.26 Å². The Labute approximate surface area is 118 Å². The predicted molar refractivity (Wildman–Crippen MR) is 78.3 cm³/mol. The second-order valence-corrected chi connectivity index (χ2v) is 4.47. The molecule has 0 fully saturated rings. The van der Waals surface area contributed by atoms with Gasteiger partial charge in [0, 0.05) is 20.2 Å². The maximum atomic E-state index is 9.35. The molecule has 20 heavy (non-hydrogen) atoms. The molecule has 0 atom stereocenters. The quantitative estimate of drug-likeness (QED) is 0.924. The van der Waals surface area contributed by atoms with Gasteiger partial charge in [-0.25, -0.2) is 10.3 Å². The summed E-state index contributed by atoms with van der Waals surface area (Å²) in [5.74, 6) is 1.46. The number of H-pyrrole nitrogens is 1. The van der Waals surface area contributed by atoms with Crippen LogP contribution < -0.4 is 19.9 Å². The zero-order valence-electron chi connectivity index (χ0n) is 11.8. The third kappa shape index (κ3) is 2.81. The van der Waals surface area contributed by atoms with E-state index in [1.165, 1.54) is 0 Å². The highest BCUT2D eigenvalue weighted by molar-refractivity contribution is 5.70. The zero-order chi connectivity index (χ0) is 14.5. The molecule has 2 aromatic rings. The van der Waals surface area contributed by atoms with Crippen molar-refractivity contribution in [2.45, 2.75) is 0 Å². The molecule has 0 amide bonds. The summed E-state index contributed by atoms with van der Waals surface area (Å²) in [6.45, 7) is 0. The Morgan fingerprint density at radius 2 is 1.90 bits per heavy atom. The minimum atomic E-state index is 0.577. The van der Waals surface area contributed by atoms with Crippen LogP contribution in [0.2, 0.25) is 0 Å². The minimum Gasteiger partial charge on any atom is -0.497 e. The molecule has 0 saturated heterocycles. The molecule has 2 N–H and O–H groups in total. The zero-order valence-corrected chi connectivity index (χ0v) is 11.8. The van der Waals surface area contributed by atoms with E-state index >= 15 is 0 Å². The van der Waals surface area contributed by atoms with Crippen LogP contribution >= 0.6 is 0 Å². The molecular formula is C15H17N4O+. The summed E-state index contributed by atoms with van der Waals surface area (Å²) in [7, 11) is 5.45. The van der Waals surface area contributed by atoms with Crippen molar-refractivity contribution < 1.29 is 9.72 Å². The summed E-state index contributed by atoms with van der Waals surface area (Å²) in [6.07, 6.45) is 1.81. The lowest BCUT2D eigenvalue weighted by atomic mass is 10.2. The van der Waals surface area contributed by atoms with Crippen LogP contribution in [0.5, 0.6) is 5.75 Å². The first kappa shape index (κ1) is 13.7. The number of hydrogen-bond donors (Lipinski definition) is 1. The van der Waals surface area contributed by atoms with Crippen molar-refractivity contribution in [2.75, 3.05) is 31.4 Å². The molecule has 1 aromatic carbocycles. The first-order valence-electron chi connectivity index (χ1n) is 6.19. The van der Waals surface area contributed by atoms with Gasteiger partial charge < -0.3 is 9.64 Å². The van der Waals surface area contributed by atoms with Crippen molar-refractivity contribution in [1.82, 2.24) is 0 Å². The van der Waals surface area contributed by atoms with Crippen LogP contribution in [0.15, 0.2) is 36.5 Å². The van der Waals surface area contributed by atoms with Gasteiger partial charge in [0.05, 0.1) is 19.0 Å². The lowest BCUT2D eigenvalue weighted by Gasteiger charge is -2.13. The maximum Gasteiger partial charge on any atom is 0.297 e. The minimum absolute atomic E-state index is 0.577. The van der Waals surface area contributed by atoms with Crippen molar-refractivity contribution in [2.24, 2.45) is 0 Å². The monoisotopic (exact) mass is 269 g/mol. The van der Waals surface area contributed by atoms with Gasteiger partial charge in [-0.3, -0.25) is 0 Å². The molecule has 102 valence electrons. The van der Waals surface area contributed by atoms with Crippen molar-refractivity contribution in [3.8, 4) is 11.8 Å². The van der Waals surface area contributed by atoms with E-state index in [0.29, 0.717) is 11.4 Å². The summed E-state index contributed by atoms with van der Waals surface area (Å²) >= 11 is 0. The van der Waals surface area contributed by atoms with E-state index in [1.807, 2.05) is 55.5 Å². The molecule has 0 unspecified atom stereocenters. The Morgan fingerprint density at radius 3 is 2.45 bits per heavy atom. The van der Waals surface area contributed by atoms with E-state index < -0.39 is 0 Å². The van der Waals surface area contributed by atoms with Gasteiger partial charge in [-0.2, -0.15) is 5.26 Å². The summed E-state index contributed by atoms with van der Waals surface area (Å²) in [5.41, 5.74) is 2.32. The fourth-order valence-electron chi connectivity index (χ4n) is 1.89. The highest BCUT2D eigenvalue weighted by Gasteiger charge is 2.16. The van der Waals surface area contributed by atoms with Gasteiger partial charge in [-0.1, -0.05) is 0 Å². The van der Waals surface area contributed by atoms with E-state index in [-0.39, 0.29) is 0 Å². The number of benzene rings is 1. The normalized spacial score (nSPS) is 9.70. The smallest absolute Gasteiger partial charge is 0.297 e. The van der Waals surface area contributed by atoms with E-state index in [2.05, 4.69) is 16.4 Å². The third-order valence-electron chi connectivity index (χ3n) is 2.93. The van der Waals surface area contributed by atoms with E-state index in [1.54, 1.807) is 7.11 Å². The maximum absolute atomic E-state index is 9.35. The number of nitrogens with one attached hydrogen (secondary N) is 2. The summed E-state index contributed by atoms with van der Waals surface area (Å²) in [4.78, 5) is 4.98. The molecule has 0 bridgehead atoms. The first-order valence-corrected chi connectivity index (χ1v) is 6.19. The highest BCUT2D eigenvalue weighted by Crippen LogP contribution is 2.24. The number of aromatic nitrogens is 1. The topological polar surface area (TPSA) is 62.4 Å². The largest absolute Gasteiger partial charge is 0.497 e. The predicted octanol–water partition coefficient (Wildman–Crippen LogP) is 2.19. The van der Waals surface area contributed by atoms with Gasteiger partial charge in [0.15, 0.2) is 5.56 Å². The molecule has 0 aliphatic rings. The Morgan fingerprint density at radius 1 is 1.20 bits per heavy atom. The van der Waals surface area contributed by atoms with Gasteiger partial charge in [0.2, 0.25) is 0 Å². The SMILES string of the molecule is COc1ccc(Nc2[nH+]ccc(N(C)C)c2C#N)cc1. The third-order valence-corrected chi connectivity index (χ3v) is 2.93. The van der Waals surface area contributed by atoms with Crippen molar-refractivity contribution in [3.63, 3.8) is 0 Å². The molecule has 5 nitrogen and oxygen atoms in total. The Balaban J connectivity index is 2.33. The lowest BCUT2D eigenvalue weighted by molar-refractivity contribution is -0.360. The van der Waals surface area contributed by atoms with Crippen LogP contribution in [0.3, 0.4) is 0 Å². The number of pyridine rings is 1. The second kappa shape index (κ2) is 5.93. The van der Waals surface area contributed by atoms with Crippen LogP contribution in [-0.2, 0) is 0 Å². The van der Waals surface area contributed by atoms with Crippen LogP contribution in [0.1, 0.15) is 5.56 Å². The molecule has 0 saturated carbocycles. The molecule has 0 aliphatic carbocycles. The number of aromatic amines is 1. The molecule has 1 aromatic heterocycles. The Bertz CT molecular complexity index is 629. The van der Waals surface area contributed by atoms with Gasteiger partial charge in [0.25, 0.3) is 5.82 Å². The van der Waals surface area contributed by atoms with Gasteiger partial charge in [-0.15, -0.1) is 0 Å². The van der Waals surface area contributed by atoms with Gasteiger partial charge >= 0.3 is 0 Å². The van der Waals surface area contributed by atoms with Crippen LogP contribution in [0, 0.1) is 11.3 Å². The van der Waals surface area contributed by atoms with Gasteiger partial charge in [-0.05, 0) is 24.3 Å². The number of nitrogens with zero attached hydrogens (tertiary/aromatic N) is 2. The van der Waals surface area contributed by atoms with E-state index in [4.69, 9.17) is 4.74 Å². The average molecular weight is 269 g/mol. The second-order valence-electron chi connectivity index (χ2n) is 4.47. The first-order chi connectivity index (χ1) is 9.65. The fourth-order valence-corrected chi connectivity index (χ4v) is 1.89. The molecule has 2 rings (SSSR count). The molecule has 5 heteroatoms. The van der Waals surface area contributed by atoms with E-state index in [0.717, 1.165) is 17.1 Å². The number of nitriles is 1. The number of rotatable bonds is 4. The highest BCUT2D eigenvalue weighted by atomic mass is 16.5. The summed E-state index contributed by atoms with van der Waals surface area (Å²) in [5, 5.41) is 12.6. The van der Waals surface area contributed by atoms with Crippen LogP contribution in [0.25, 0.3) is 0 Å². The number of anilines is 3. The number of ether oxygens (including phenoxy) is 1. The lowest BCUT2D eigenvalue weighted by Crippen LogP contribution is -2.17. The van der Waals surface area contributed by atoms with Crippen LogP contribution in [-0.4, -0.2) is 21.2 Å². The van der Waals surface area contributed by atoms with Crippen molar-refractivity contribution in [3.05, 3.63) is 42.1 Å². The molecular weight excluding hydrogens is 252 g/mol. The number of hydrogen-bond acceptors (Lipinski definition) is 4. The molecule has 0 spiro atoms.